The molecule has 0 fully saturated rings. The summed E-state index contributed by atoms with van der Waals surface area (Å²) in [4.78, 5) is 19.3. The maximum atomic E-state index is 11.7. The number of rotatable bonds is 3. The van der Waals surface area contributed by atoms with Crippen molar-refractivity contribution in [1.29, 1.82) is 0 Å². The van der Waals surface area contributed by atoms with Crippen LogP contribution in [-0.4, -0.2) is 19.7 Å². The predicted molar refractivity (Wildman–Crippen MR) is 143 cm³/mol. The number of aromatic amines is 1. The summed E-state index contributed by atoms with van der Waals surface area (Å²) >= 11 is 0. The van der Waals surface area contributed by atoms with E-state index in [1.165, 1.54) is 0 Å². The molecular formula is C30H28N4O3. The number of hydrogen-bond donors (Lipinski definition) is 1. The maximum absolute atomic E-state index is 11.7. The maximum Gasteiger partial charge on any atom is 0.439 e. The molecule has 37 heavy (non-hydrogen) atoms. The number of hydrogen-bond acceptors (Lipinski definition) is 5. The topological polar surface area (TPSA) is 85.9 Å². The van der Waals surface area contributed by atoms with E-state index >= 15 is 0 Å². The van der Waals surface area contributed by atoms with Crippen molar-refractivity contribution in [1.82, 2.24) is 19.7 Å². The Morgan fingerprint density at radius 3 is 2.59 bits per heavy atom. The molecule has 2 aromatic heterocycles. The van der Waals surface area contributed by atoms with E-state index in [2.05, 4.69) is 71.9 Å². The fourth-order valence-corrected chi connectivity index (χ4v) is 5.11. The molecule has 0 saturated heterocycles. The molecule has 0 unspecified atom stereocenters. The Kier molecular flexibility index (Phi) is 5.37. The average Bonchev–Trinajstić information content (AvgIpc) is 3.44. The van der Waals surface area contributed by atoms with E-state index in [1.807, 2.05) is 37.3 Å². The van der Waals surface area contributed by atoms with Crippen molar-refractivity contribution < 1.29 is 9.26 Å². The number of fused-ring (bicyclic) bond motifs is 3. The normalized spacial score (nSPS) is 14.6. The Balaban J connectivity index is 1.49. The van der Waals surface area contributed by atoms with Crippen molar-refractivity contribution in [2.75, 3.05) is 0 Å². The van der Waals surface area contributed by atoms with Gasteiger partial charge < -0.3 is 9.30 Å². The lowest BCUT2D eigenvalue weighted by Crippen LogP contribution is -2.19. The molecule has 7 nitrogen and oxygen atoms in total. The Bertz CT molecular complexity index is 1730. The van der Waals surface area contributed by atoms with Crippen LogP contribution in [-0.2, 0) is 18.6 Å². The molecule has 3 aromatic carbocycles. The van der Waals surface area contributed by atoms with Gasteiger partial charge in [-0.15, -0.1) is 0 Å². The molecule has 0 amide bonds. The molecule has 0 radical (unpaired) electrons. The van der Waals surface area contributed by atoms with Gasteiger partial charge in [-0.3, -0.25) is 9.51 Å². The summed E-state index contributed by atoms with van der Waals surface area (Å²) < 4.78 is 13.4. The lowest BCUT2D eigenvalue weighted by Gasteiger charge is -2.21. The molecule has 3 heterocycles. The smallest absolute Gasteiger partial charge is 0.439 e. The lowest BCUT2D eigenvalue weighted by atomic mass is 9.89. The second kappa shape index (κ2) is 8.62. The molecule has 1 N–H and O–H groups in total. The second-order valence-electron chi connectivity index (χ2n) is 10.5. The Morgan fingerprint density at radius 2 is 1.81 bits per heavy atom. The zero-order valence-corrected chi connectivity index (χ0v) is 21.3. The van der Waals surface area contributed by atoms with Crippen molar-refractivity contribution in [3.05, 3.63) is 111 Å². The van der Waals surface area contributed by atoms with Gasteiger partial charge in [0.05, 0.1) is 11.0 Å². The lowest BCUT2D eigenvalue weighted by molar-refractivity contribution is 0.307. The van der Waals surface area contributed by atoms with Crippen molar-refractivity contribution in [3.8, 4) is 5.75 Å². The summed E-state index contributed by atoms with van der Waals surface area (Å²) in [6.45, 7) is 9.66. The molecule has 1 aliphatic rings. The Morgan fingerprint density at radius 1 is 1.03 bits per heavy atom. The number of imidazole rings is 1. The van der Waals surface area contributed by atoms with Crippen molar-refractivity contribution >= 4 is 22.2 Å². The molecule has 1 aliphatic heterocycles. The first-order valence-corrected chi connectivity index (χ1v) is 12.4. The summed E-state index contributed by atoms with van der Waals surface area (Å²) in [5.74, 6) is 1.67. The highest BCUT2D eigenvalue weighted by molar-refractivity contribution is 5.99. The minimum absolute atomic E-state index is 0.100. The first-order valence-electron chi connectivity index (χ1n) is 12.4. The number of ether oxygens (including phenoxy) is 1. The third kappa shape index (κ3) is 4.06. The Hall–Kier alpha value is -4.39. The van der Waals surface area contributed by atoms with Gasteiger partial charge in [-0.05, 0) is 53.5 Å². The molecule has 0 atom stereocenters. The monoisotopic (exact) mass is 492 g/mol. The van der Waals surface area contributed by atoms with Crippen molar-refractivity contribution in [2.24, 2.45) is 0 Å². The third-order valence-electron chi connectivity index (χ3n) is 6.82. The van der Waals surface area contributed by atoms with Crippen molar-refractivity contribution in [2.45, 2.75) is 46.3 Å². The van der Waals surface area contributed by atoms with Gasteiger partial charge in [0.1, 0.15) is 18.2 Å². The minimum atomic E-state index is -0.578. The van der Waals surface area contributed by atoms with Gasteiger partial charge in [-0.1, -0.05) is 68.4 Å². The van der Waals surface area contributed by atoms with E-state index in [1.54, 1.807) is 0 Å². The van der Waals surface area contributed by atoms with E-state index in [-0.39, 0.29) is 5.41 Å². The van der Waals surface area contributed by atoms with Gasteiger partial charge in [-0.25, -0.2) is 9.78 Å². The van der Waals surface area contributed by atoms with Gasteiger partial charge in [0.2, 0.25) is 0 Å². The minimum Gasteiger partial charge on any atom is -0.488 e. The molecule has 5 aromatic rings. The molecule has 0 spiro atoms. The van der Waals surface area contributed by atoms with E-state index in [9.17, 15) is 4.79 Å². The number of benzene rings is 3. The van der Waals surface area contributed by atoms with Gasteiger partial charge in [0, 0.05) is 23.1 Å². The highest BCUT2D eigenvalue weighted by Crippen LogP contribution is 2.40. The number of aromatic nitrogens is 4. The van der Waals surface area contributed by atoms with E-state index in [0.717, 1.165) is 56.0 Å². The van der Waals surface area contributed by atoms with Crippen LogP contribution in [0, 0.1) is 0 Å². The summed E-state index contributed by atoms with van der Waals surface area (Å²) in [7, 11) is 0. The molecule has 7 heteroatoms. The Labute approximate surface area is 214 Å². The van der Waals surface area contributed by atoms with Crippen molar-refractivity contribution in [3.63, 3.8) is 0 Å². The molecular weight excluding hydrogens is 464 g/mol. The summed E-state index contributed by atoms with van der Waals surface area (Å²) in [6.07, 6.45) is 0. The fourth-order valence-electron chi connectivity index (χ4n) is 5.11. The fraction of sp³-hybridized carbons (Fsp3) is 0.233. The van der Waals surface area contributed by atoms with Gasteiger partial charge in [0.15, 0.2) is 5.82 Å². The quantitative estimate of drug-likeness (QED) is 0.337. The van der Waals surface area contributed by atoms with Crippen LogP contribution < -0.4 is 10.5 Å². The van der Waals surface area contributed by atoms with Crippen LogP contribution >= 0.6 is 0 Å². The molecule has 0 aliphatic carbocycles. The van der Waals surface area contributed by atoms with E-state index < -0.39 is 5.76 Å². The van der Waals surface area contributed by atoms with Gasteiger partial charge >= 0.3 is 5.76 Å². The van der Waals surface area contributed by atoms with Crippen LogP contribution in [0.25, 0.3) is 22.2 Å². The summed E-state index contributed by atoms with van der Waals surface area (Å²) in [5.41, 5.74) is 8.02. The molecule has 186 valence electrons. The summed E-state index contributed by atoms with van der Waals surface area (Å²) in [6, 6.07) is 22.7. The van der Waals surface area contributed by atoms with Crippen LogP contribution in [0.1, 0.15) is 61.6 Å². The number of allylic oxidation sites excluding steroid dienone is 1. The standard InChI is InChI=1S/C30H28N4O3/c1-18(27-32-29(35)37-33-27)26-21-14-13-19(15-20(21)17-36-25-12-8-5-9-22(25)26)16-34-24-11-7-6-10-23(24)31-28(34)30(2,3)4/h5-15H,16-17H2,1-4H3,(H,32,33,35)/b26-18+. The van der Waals surface area contributed by atoms with Gasteiger partial charge in [-0.2, -0.15) is 0 Å². The number of para-hydroxylation sites is 3. The average molecular weight is 493 g/mol. The predicted octanol–water partition coefficient (Wildman–Crippen LogP) is 5.93. The van der Waals surface area contributed by atoms with Crippen LogP contribution in [0.3, 0.4) is 0 Å². The van der Waals surface area contributed by atoms with E-state index in [0.29, 0.717) is 19.0 Å². The summed E-state index contributed by atoms with van der Waals surface area (Å²) in [5, 5.41) is 3.94. The first-order chi connectivity index (χ1) is 17.8. The highest BCUT2D eigenvalue weighted by Gasteiger charge is 2.25. The van der Waals surface area contributed by atoms with Crippen LogP contribution in [0.4, 0.5) is 0 Å². The molecule has 6 rings (SSSR count). The number of nitrogens with one attached hydrogen (secondary N) is 1. The number of nitrogens with zero attached hydrogens (tertiary/aromatic N) is 3. The van der Waals surface area contributed by atoms with Crippen LogP contribution in [0.2, 0.25) is 0 Å². The zero-order valence-electron chi connectivity index (χ0n) is 21.3. The largest absolute Gasteiger partial charge is 0.488 e. The number of H-pyrrole nitrogens is 1. The highest BCUT2D eigenvalue weighted by atomic mass is 16.5. The molecule has 0 bridgehead atoms. The van der Waals surface area contributed by atoms with Gasteiger partial charge in [0.25, 0.3) is 0 Å². The SMILES string of the molecule is C/C(=C1/c2ccc(Cn3c(C(C)(C)C)nc4ccccc43)cc2COc2ccccc21)c1noc(=O)[nH]1. The van der Waals surface area contributed by atoms with E-state index in [4.69, 9.17) is 14.2 Å². The molecule has 0 saturated carbocycles. The second-order valence-corrected chi connectivity index (χ2v) is 10.5. The van der Waals surface area contributed by atoms with Crippen LogP contribution in [0.15, 0.2) is 76.0 Å². The first kappa shape index (κ1) is 23.0. The third-order valence-corrected chi connectivity index (χ3v) is 6.82. The zero-order chi connectivity index (χ0) is 25.7. The van der Waals surface area contributed by atoms with Crippen LogP contribution in [0.5, 0.6) is 5.75 Å².